The van der Waals surface area contributed by atoms with E-state index in [1.165, 1.54) is 4.68 Å². The summed E-state index contributed by atoms with van der Waals surface area (Å²) in [5.74, 6) is -0.0452. The van der Waals surface area contributed by atoms with Crippen LogP contribution in [0, 0.1) is 11.7 Å². The summed E-state index contributed by atoms with van der Waals surface area (Å²) < 4.78 is 7.13. The largest absolute Gasteiger partial charge is 0.481 e. The summed E-state index contributed by atoms with van der Waals surface area (Å²) in [6.45, 7) is 1.58. The highest BCUT2D eigenvalue weighted by molar-refractivity contribution is 7.71. The molecule has 0 radical (unpaired) electrons. The van der Waals surface area contributed by atoms with Gasteiger partial charge < -0.3 is 9.84 Å². The molecule has 0 amide bonds. The van der Waals surface area contributed by atoms with Crippen LogP contribution in [-0.4, -0.2) is 38.8 Å². The maximum absolute atomic E-state index is 10.7. The van der Waals surface area contributed by atoms with E-state index in [-0.39, 0.29) is 0 Å². The molecular weight excluding hydrogens is 352 g/mol. The number of carbonyl (C=O) groups is 1. The molecule has 0 unspecified atom stereocenters. The molecule has 2 aromatic carbocycles. The van der Waals surface area contributed by atoms with Crippen LogP contribution in [0.5, 0.6) is 5.75 Å². The predicted molar refractivity (Wildman–Crippen MR) is 100 cm³/mol. The molecule has 1 heterocycles. The molecule has 132 valence electrons. The molecule has 0 fully saturated rings. The van der Waals surface area contributed by atoms with Crippen LogP contribution in [0.25, 0.3) is 11.4 Å². The highest BCUT2D eigenvalue weighted by Gasteiger charge is 2.08. The van der Waals surface area contributed by atoms with Crippen LogP contribution in [0.15, 0.2) is 53.6 Å². The zero-order valence-electron chi connectivity index (χ0n) is 13.9. The van der Waals surface area contributed by atoms with Gasteiger partial charge in [0.1, 0.15) is 5.75 Å². The molecule has 1 aromatic heterocycles. The normalized spacial score (nSPS) is 11.0. The fourth-order valence-electron chi connectivity index (χ4n) is 2.27. The number of aromatic nitrogens is 3. The van der Waals surface area contributed by atoms with E-state index in [1.807, 2.05) is 37.3 Å². The van der Waals surface area contributed by atoms with Crippen molar-refractivity contribution in [2.24, 2.45) is 5.10 Å². The quantitative estimate of drug-likeness (QED) is 0.515. The first-order chi connectivity index (χ1) is 12.5. The number of hydrogen-bond donors (Lipinski definition) is 2. The van der Waals surface area contributed by atoms with Crippen molar-refractivity contribution in [3.05, 3.63) is 64.4 Å². The second-order valence-corrected chi connectivity index (χ2v) is 5.88. The van der Waals surface area contributed by atoms with E-state index < -0.39 is 12.6 Å². The molecule has 0 aliphatic heterocycles. The van der Waals surface area contributed by atoms with E-state index in [0.717, 1.165) is 11.1 Å². The summed E-state index contributed by atoms with van der Waals surface area (Å²) in [6.07, 6.45) is 1.56. The van der Waals surface area contributed by atoms with Crippen LogP contribution in [-0.2, 0) is 4.79 Å². The van der Waals surface area contributed by atoms with Crippen molar-refractivity contribution >= 4 is 24.4 Å². The lowest BCUT2D eigenvalue weighted by atomic mass is 10.1. The molecule has 8 heteroatoms. The SMILES string of the molecule is Cc1ccc(-c2n[nH]c(=S)n2/N=C/c2ccccc2OCC(=O)O)cc1. The number of rotatable bonds is 6. The van der Waals surface area contributed by atoms with Crippen molar-refractivity contribution in [1.82, 2.24) is 14.9 Å². The highest BCUT2D eigenvalue weighted by atomic mass is 32.1. The molecule has 0 aliphatic carbocycles. The first kappa shape index (κ1) is 17.6. The van der Waals surface area contributed by atoms with Crippen molar-refractivity contribution in [1.29, 1.82) is 0 Å². The van der Waals surface area contributed by atoms with Gasteiger partial charge in [-0.25, -0.2) is 9.89 Å². The van der Waals surface area contributed by atoms with Gasteiger partial charge in [0.2, 0.25) is 4.77 Å². The number of carboxylic acid groups (broad SMARTS) is 1. The zero-order valence-corrected chi connectivity index (χ0v) is 14.7. The lowest BCUT2D eigenvalue weighted by Gasteiger charge is -2.06. The molecule has 0 bridgehead atoms. The summed E-state index contributed by atoms with van der Waals surface area (Å²) in [7, 11) is 0. The first-order valence-electron chi connectivity index (χ1n) is 7.77. The van der Waals surface area contributed by atoms with Gasteiger partial charge in [0.05, 0.1) is 6.21 Å². The minimum Gasteiger partial charge on any atom is -0.481 e. The Labute approximate surface area is 154 Å². The fraction of sp³-hybridized carbons (Fsp3) is 0.111. The third-order valence-electron chi connectivity index (χ3n) is 3.54. The van der Waals surface area contributed by atoms with E-state index in [0.29, 0.717) is 21.9 Å². The number of aryl methyl sites for hydroxylation is 1. The van der Waals surface area contributed by atoms with Gasteiger partial charge in [0.15, 0.2) is 12.4 Å². The Morgan fingerprint density at radius 2 is 2.04 bits per heavy atom. The molecule has 26 heavy (non-hydrogen) atoms. The number of nitrogens with zero attached hydrogens (tertiary/aromatic N) is 3. The van der Waals surface area contributed by atoms with Gasteiger partial charge in [-0.05, 0) is 31.3 Å². The fourth-order valence-corrected chi connectivity index (χ4v) is 2.45. The smallest absolute Gasteiger partial charge is 0.341 e. The van der Waals surface area contributed by atoms with Crippen molar-refractivity contribution in [2.75, 3.05) is 6.61 Å². The molecule has 0 atom stereocenters. The van der Waals surface area contributed by atoms with E-state index in [4.69, 9.17) is 22.1 Å². The Kier molecular flexibility index (Phi) is 5.23. The van der Waals surface area contributed by atoms with Gasteiger partial charge in [-0.1, -0.05) is 42.0 Å². The monoisotopic (exact) mass is 368 g/mol. The average Bonchev–Trinajstić information content (AvgIpc) is 3.00. The predicted octanol–water partition coefficient (Wildman–Crippen LogP) is 3.26. The maximum atomic E-state index is 10.7. The lowest BCUT2D eigenvalue weighted by Crippen LogP contribution is -2.10. The second kappa shape index (κ2) is 7.75. The van der Waals surface area contributed by atoms with Crippen LogP contribution in [0.1, 0.15) is 11.1 Å². The third kappa shape index (κ3) is 4.04. The summed E-state index contributed by atoms with van der Waals surface area (Å²) in [4.78, 5) is 10.7. The van der Waals surface area contributed by atoms with Gasteiger partial charge in [-0.15, -0.1) is 0 Å². The van der Waals surface area contributed by atoms with Gasteiger partial charge in [-0.2, -0.15) is 14.9 Å². The summed E-state index contributed by atoms with van der Waals surface area (Å²) in [6, 6.07) is 14.9. The number of hydrogen-bond acceptors (Lipinski definition) is 5. The minimum absolute atomic E-state index is 0.348. The van der Waals surface area contributed by atoms with Crippen molar-refractivity contribution in [3.8, 4) is 17.1 Å². The standard InChI is InChI=1S/C18H16N4O3S/c1-12-6-8-13(9-7-12)17-20-21-18(26)22(17)19-10-14-4-2-3-5-15(14)25-11-16(23)24/h2-10H,11H2,1H3,(H,21,26)(H,23,24)/b19-10+. The summed E-state index contributed by atoms with van der Waals surface area (Å²) in [5, 5.41) is 20.1. The van der Waals surface area contributed by atoms with Crippen LogP contribution in [0.4, 0.5) is 0 Å². The number of aliphatic carboxylic acids is 1. The number of aromatic amines is 1. The van der Waals surface area contributed by atoms with Gasteiger partial charge >= 0.3 is 5.97 Å². The second-order valence-electron chi connectivity index (χ2n) is 5.50. The number of carboxylic acids is 1. The van der Waals surface area contributed by atoms with Crippen LogP contribution in [0.2, 0.25) is 0 Å². The molecule has 7 nitrogen and oxygen atoms in total. The number of benzene rings is 2. The summed E-state index contributed by atoms with van der Waals surface area (Å²) >= 11 is 5.25. The van der Waals surface area contributed by atoms with E-state index in [9.17, 15) is 4.79 Å². The molecule has 3 aromatic rings. The van der Waals surface area contributed by atoms with E-state index >= 15 is 0 Å². The van der Waals surface area contributed by atoms with E-state index in [2.05, 4.69) is 15.3 Å². The number of ether oxygens (including phenoxy) is 1. The van der Waals surface area contributed by atoms with Gasteiger partial charge in [0.25, 0.3) is 0 Å². The summed E-state index contributed by atoms with van der Waals surface area (Å²) in [5.41, 5.74) is 2.64. The molecule has 3 rings (SSSR count). The molecule has 0 spiro atoms. The Bertz CT molecular complexity index is 1010. The molecule has 0 aliphatic rings. The molecule has 0 saturated heterocycles. The molecular formula is C18H16N4O3S. The minimum atomic E-state index is -1.05. The zero-order chi connectivity index (χ0) is 18.5. The van der Waals surface area contributed by atoms with Crippen LogP contribution in [0.3, 0.4) is 0 Å². The van der Waals surface area contributed by atoms with Crippen LogP contribution >= 0.6 is 12.2 Å². The first-order valence-corrected chi connectivity index (χ1v) is 8.18. The highest BCUT2D eigenvalue weighted by Crippen LogP contribution is 2.19. The number of H-pyrrole nitrogens is 1. The Morgan fingerprint density at radius 1 is 1.31 bits per heavy atom. The molecule has 0 saturated carbocycles. The van der Waals surface area contributed by atoms with Crippen LogP contribution < -0.4 is 4.74 Å². The van der Waals surface area contributed by atoms with Gasteiger partial charge in [-0.3, -0.25) is 0 Å². The Hall–Kier alpha value is -3.26. The number of nitrogens with one attached hydrogen (secondary N) is 1. The van der Waals surface area contributed by atoms with Crippen molar-refractivity contribution in [2.45, 2.75) is 6.92 Å². The topological polar surface area (TPSA) is 92.5 Å². The Morgan fingerprint density at radius 3 is 2.77 bits per heavy atom. The van der Waals surface area contributed by atoms with E-state index in [1.54, 1.807) is 24.4 Å². The van der Waals surface area contributed by atoms with Gasteiger partial charge in [0, 0.05) is 11.1 Å². The average molecular weight is 368 g/mol. The molecule has 2 N–H and O–H groups in total. The van der Waals surface area contributed by atoms with Crippen molar-refractivity contribution in [3.63, 3.8) is 0 Å². The maximum Gasteiger partial charge on any atom is 0.341 e. The third-order valence-corrected chi connectivity index (χ3v) is 3.81. The Balaban J connectivity index is 1.93. The van der Waals surface area contributed by atoms with Crippen molar-refractivity contribution < 1.29 is 14.6 Å². The number of para-hydroxylation sites is 1. The lowest BCUT2D eigenvalue weighted by molar-refractivity contribution is -0.139.